The number of hydrogen-bond donors (Lipinski definition) is 1. The minimum atomic E-state index is 0.757. The first-order chi connectivity index (χ1) is 11.0. The molecule has 3 heteroatoms. The summed E-state index contributed by atoms with van der Waals surface area (Å²) in [5.41, 5.74) is 8.78. The van der Waals surface area contributed by atoms with Crippen molar-refractivity contribution in [2.45, 2.75) is 34.2 Å². The largest absolute Gasteiger partial charge is 0.378 e. The molecular weight excluding hydrogens is 282 g/mol. The van der Waals surface area contributed by atoms with E-state index in [1.54, 1.807) is 0 Å². The topological polar surface area (TPSA) is 29.3 Å². The van der Waals surface area contributed by atoms with Gasteiger partial charge in [-0.2, -0.15) is 0 Å². The Bertz CT molecular complexity index is 906. The smallest absolute Gasteiger partial charge is 0.160 e. The van der Waals surface area contributed by atoms with Crippen molar-refractivity contribution in [3.63, 3.8) is 0 Å². The molecule has 0 spiro atoms. The van der Waals surface area contributed by atoms with Crippen molar-refractivity contribution in [3.8, 4) is 12.3 Å². The van der Waals surface area contributed by atoms with Crippen LogP contribution in [0.4, 0.5) is 5.69 Å². The fraction of sp³-hybridized carbons (Fsp3) is 0.250. The zero-order valence-electron chi connectivity index (χ0n) is 14.1. The molecule has 2 aromatic heterocycles. The molecule has 3 aromatic rings. The van der Waals surface area contributed by atoms with Gasteiger partial charge in [0.05, 0.1) is 11.4 Å². The van der Waals surface area contributed by atoms with Crippen LogP contribution in [0.3, 0.4) is 0 Å². The van der Waals surface area contributed by atoms with E-state index in [0.717, 1.165) is 34.8 Å². The lowest BCUT2D eigenvalue weighted by Crippen LogP contribution is -2.05. The fourth-order valence-corrected chi connectivity index (χ4v) is 2.89. The number of benzene rings is 1. The number of imidazole rings is 1. The Labute approximate surface area is 137 Å². The quantitative estimate of drug-likeness (QED) is 0.736. The highest BCUT2D eigenvalue weighted by Crippen LogP contribution is 2.23. The maximum absolute atomic E-state index is 5.61. The molecule has 0 radical (unpaired) electrons. The first kappa shape index (κ1) is 15.2. The molecule has 0 aliphatic heterocycles. The van der Waals surface area contributed by atoms with Crippen molar-refractivity contribution >= 4 is 11.3 Å². The maximum Gasteiger partial charge on any atom is 0.160 e. The van der Waals surface area contributed by atoms with Crippen LogP contribution in [0.1, 0.15) is 33.6 Å². The van der Waals surface area contributed by atoms with Gasteiger partial charge in [-0.25, -0.2) is 4.98 Å². The Kier molecular flexibility index (Phi) is 3.83. The highest BCUT2D eigenvalue weighted by molar-refractivity contribution is 5.71. The number of hydrogen-bond acceptors (Lipinski definition) is 2. The second-order valence-electron chi connectivity index (χ2n) is 5.99. The molecule has 0 fully saturated rings. The average Bonchev–Trinajstić information content (AvgIpc) is 2.82. The highest BCUT2D eigenvalue weighted by atomic mass is 15.1. The van der Waals surface area contributed by atoms with Gasteiger partial charge in [0.15, 0.2) is 5.65 Å². The van der Waals surface area contributed by atoms with E-state index in [1.807, 2.05) is 19.2 Å². The third-order valence-corrected chi connectivity index (χ3v) is 4.46. The summed E-state index contributed by atoms with van der Waals surface area (Å²) in [4.78, 5) is 4.68. The van der Waals surface area contributed by atoms with E-state index in [1.165, 1.54) is 16.7 Å². The standard InChI is InChI=1S/C20H21N3/c1-6-17-10-19(20-22-15(4)16(5)23(20)12-17)21-11-18-13(2)8-7-9-14(18)3/h1,7-10,12,21H,11H2,2-5H3. The molecule has 23 heavy (non-hydrogen) atoms. The number of fused-ring (bicyclic) bond motifs is 1. The summed E-state index contributed by atoms with van der Waals surface area (Å²) in [5, 5.41) is 3.52. The maximum atomic E-state index is 5.61. The van der Waals surface area contributed by atoms with E-state index in [0.29, 0.717) is 0 Å². The lowest BCUT2D eigenvalue weighted by atomic mass is 10.0. The van der Waals surface area contributed by atoms with Crippen LogP contribution in [0.25, 0.3) is 5.65 Å². The number of nitrogens with one attached hydrogen (secondary N) is 1. The van der Waals surface area contributed by atoms with Crippen LogP contribution in [0.2, 0.25) is 0 Å². The molecule has 3 rings (SSSR count). The number of aromatic nitrogens is 2. The molecule has 0 amide bonds. The van der Waals surface area contributed by atoms with Crippen molar-refractivity contribution in [1.82, 2.24) is 9.38 Å². The number of terminal acetylenes is 1. The number of pyridine rings is 1. The zero-order chi connectivity index (χ0) is 16.6. The summed E-state index contributed by atoms with van der Waals surface area (Å²) in [6.07, 6.45) is 7.58. The van der Waals surface area contributed by atoms with Gasteiger partial charge in [0.1, 0.15) is 0 Å². The van der Waals surface area contributed by atoms with Crippen LogP contribution in [-0.4, -0.2) is 9.38 Å². The van der Waals surface area contributed by atoms with Crippen LogP contribution >= 0.6 is 0 Å². The zero-order valence-corrected chi connectivity index (χ0v) is 14.1. The Morgan fingerprint density at radius 3 is 2.52 bits per heavy atom. The average molecular weight is 303 g/mol. The molecule has 1 aromatic carbocycles. The van der Waals surface area contributed by atoms with E-state index in [4.69, 9.17) is 6.42 Å². The number of aryl methyl sites for hydroxylation is 4. The van der Waals surface area contributed by atoms with Crippen LogP contribution in [-0.2, 0) is 6.54 Å². The first-order valence-electron chi connectivity index (χ1n) is 7.76. The van der Waals surface area contributed by atoms with Crippen molar-refractivity contribution < 1.29 is 0 Å². The van der Waals surface area contributed by atoms with E-state index < -0.39 is 0 Å². The van der Waals surface area contributed by atoms with E-state index >= 15 is 0 Å². The van der Waals surface area contributed by atoms with E-state index in [2.05, 4.69) is 59.6 Å². The van der Waals surface area contributed by atoms with Gasteiger partial charge in [0, 0.05) is 24.0 Å². The monoisotopic (exact) mass is 303 g/mol. The third kappa shape index (κ3) is 2.68. The summed E-state index contributed by atoms with van der Waals surface area (Å²) in [7, 11) is 0. The summed E-state index contributed by atoms with van der Waals surface area (Å²) in [5.74, 6) is 2.73. The molecule has 0 saturated carbocycles. The van der Waals surface area contributed by atoms with Gasteiger partial charge in [-0.3, -0.25) is 0 Å². The van der Waals surface area contributed by atoms with Crippen LogP contribution in [0, 0.1) is 40.0 Å². The van der Waals surface area contributed by atoms with Gasteiger partial charge < -0.3 is 9.72 Å². The molecule has 1 N–H and O–H groups in total. The Morgan fingerprint density at radius 2 is 1.87 bits per heavy atom. The lowest BCUT2D eigenvalue weighted by Gasteiger charge is -2.13. The normalized spacial score (nSPS) is 10.7. The van der Waals surface area contributed by atoms with E-state index in [9.17, 15) is 0 Å². The van der Waals surface area contributed by atoms with Gasteiger partial charge >= 0.3 is 0 Å². The van der Waals surface area contributed by atoms with E-state index in [-0.39, 0.29) is 0 Å². The Morgan fingerprint density at radius 1 is 1.17 bits per heavy atom. The molecule has 3 nitrogen and oxygen atoms in total. The van der Waals surface area contributed by atoms with Crippen LogP contribution in [0.5, 0.6) is 0 Å². The van der Waals surface area contributed by atoms with Crippen LogP contribution in [0.15, 0.2) is 30.5 Å². The third-order valence-electron chi connectivity index (χ3n) is 4.46. The summed E-state index contributed by atoms with van der Waals surface area (Å²) >= 11 is 0. The van der Waals surface area contributed by atoms with Crippen molar-refractivity contribution in [2.24, 2.45) is 0 Å². The predicted octanol–water partition coefficient (Wildman–Crippen LogP) is 4.16. The molecule has 0 saturated heterocycles. The summed E-state index contributed by atoms with van der Waals surface area (Å²) in [6, 6.07) is 8.37. The molecule has 116 valence electrons. The SMILES string of the molecule is C#Cc1cc(NCc2c(C)cccc2C)c2nc(C)c(C)n2c1. The van der Waals surface area contributed by atoms with Crippen LogP contribution < -0.4 is 5.32 Å². The molecule has 0 atom stereocenters. The molecule has 0 bridgehead atoms. The molecular formula is C20H21N3. The van der Waals surface area contributed by atoms with Gasteiger partial charge in [0.25, 0.3) is 0 Å². The number of rotatable bonds is 3. The Balaban J connectivity index is 2.03. The Hall–Kier alpha value is -2.73. The lowest BCUT2D eigenvalue weighted by molar-refractivity contribution is 1.06. The van der Waals surface area contributed by atoms with Gasteiger partial charge in [0.2, 0.25) is 0 Å². The molecule has 0 aliphatic carbocycles. The summed E-state index contributed by atoms with van der Waals surface area (Å²) in [6.45, 7) is 9.12. The number of nitrogens with zero attached hydrogens (tertiary/aromatic N) is 2. The van der Waals surface area contributed by atoms with Gasteiger partial charge in [-0.05, 0) is 50.5 Å². The van der Waals surface area contributed by atoms with Gasteiger partial charge in [-0.1, -0.05) is 24.1 Å². The van der Waals surface area contributed by atoms with Crippen molar-refractivity contribution in [1.29, 1.82) is 0 Å². The van der Waals surface area contributed by atoms with Gasteiger partial charge in [-0.15, -0.1) is 6.42 Å². The fourth-order valence-electron chi connectivity index (χ4n) is 2.89. The molecule has 2 heterocycles. The predicted molar refractivity (Wildman–Crippen MR) is 95.8 cm³/mol. The minimum absolute atomic E-state index is 0.757. The van der Waals surface area contributed by atoms with Crippen molar-refractivity contribution in [3.05, 3.63) is 64.1 Å². The molecule has 0 unspecified atom stereocenters. The number of anilines is 1. The highest BCUT2D eigenvalue weighted by Gasteiger charge is 2.11. The second-order valence-corrected chi connectivity index (χ2v) is 5.99. The molecule has 0 aliphatic rings. The minimum Gasteiger partial charge on any atom is -0.378 e. The second kappa shape index (κ2) is 5.81. The summed E-state index contributed by atoms with van der Waals surface area (Å²) < 4.78 is 2.07. The van der Waals surface area contributed by atoms with Crippen molar-refractivity contribution in [2.75, 3.05) is 5.32 Å². The first-order valence-corrected chi connectivity index (χ1v) is 7.76.